The van der Waals surface area contributed by atoms with Gasteiger partial charge in [0.15, 0.2) is 0 Å². The quantitative estimate of drug-likeness (QED) is 0.850. The highest BCUT2D eigenvalue weighted by Crippen LogP contribution is 2.27. The van der Waals surface area contributed by atoms with Crippen LogP contribution >= 0.6 is 11.6 Å². The molecule has 1 aromatic carbocycles. The van der Waals surface area contributed by atoms with Crippen LogP contribution in [0.3, 0.4) is 0 Å². The minimum Gasteiger partial charge on any atom is -0.506 e. The van der Waals surface area contributed by atoms with Crippen molar-refractivity contribution in [3.8, 4) is 5.75 Å². The first-order chi connectivity index (χ1) is 10.6. The fourth-order valence-corrected chi connectivity index (χ4v) is 2.71. The first-order valence-electron chi connectivity index (χ1n) is 6.98. The van der Waals surface area contributed by atoms with E-state index in [0.717, 1.165) is 19.4 Å². The lowest BCUT2D eigenvalue weighted by Gasteiger charge is -2.23. The average Bonchev–Trinajstić information content (AvgIpc) is 3.01. The highest BCUT2D eigenvalue weighted by Gasteiger charge is 2.32. The molecule has 1 fully saturated rings. The fourth-order valence-electron chi connectivity index (χ4n) is 2.53. The first kappa shape index (κ1) is 14.6. The van der Waals surface area contributed by atoms with E-state index in [1.165, 1.54) is 12.1 Å². The number of phenolic OH excluding ortho intramolecular Hbond substituents is 1. The maximum absolute atomic E-state index is 12.5. The van der Waals surface area contributed by atoms with Crippen LogP contribution in [0.4, 0.5) is 11.6 Å². The van der Waals surface area contributed by atoms with Crippen molar-refractivity contribution in [1.82, 2.24) is 9.97 Å². The van der Waals surface area contributed by atoms with Gasteiger partial charge in [0, 0.05) is 24.6 Å². The lowest BCUT2D eigenvalue weighted by atomic mass is 10.2. The van der Waals surface area contributed by atoms with Gasteiger partial charge in [0.05, 0.1) is 5.02 Å². The number of phenols is 1. The third-order valence-corrected chi connectivity index (χ3v) is 3.88. The summed E-state index contributed by atoms with van der Waals surface area (Å²) in [6, 6.07) is 6.01. The molecule has 7 heteroatoms. The second kappa shape index (κ2) is 6.19. The zero-order chi connectivity index (χ0) is 15.5. The number of carbonyl (C=O) groups is 1. The largest absolute Gasteiger partial charge is 0.506 e. The molecule has 0 bridgehead atoms. The molecule has 22 heavy (non-hydrogen) atoms. The van der Waals surface area contributed by atoms with Crippen molar-refractivity contribution in [2.75, 3.05) is 16.8 Å². The van der Waals surface area contributed by atoms with E-state index >= 15 is 0 Å². The van der Waals surface area contributed by atoms with E-state index in [2.05, 4.69) is 15.3 Å². The zero-order valence-electron chi connectivity index (χ0n) is 11.7. The molecule has 1 aromatic heterocycles. The molecule has 2 heterocycles. The SMILES string of the molecule is O=C(Nc1ccc(O)c(Cl)c1)[C@@H]1CCCN1c1ncccn1. The molecule has 0 aliphatic carbocycles. The van der Waals surface area contributed by atoms with Gasteiger partial charge < -0.3 is 15.3 Å². The van der Waals surface area contributed by atoms with E-state index < -0.39 is 0 Å². The molecule has 1 aliphatic rings. The monoisotopic (exact) mass is 318 g/mol. The summed E-state index contributed by atoms with van der Waals surface area (Å²) in [4.78, 5) is 22.8. The van der Waals surface area contributed by atoms with Gasteiger partial charge in [-0.05, 0) is 37.1 Å². The number of carbonyl (C=O) groups excluding carboxylic acids is 1. The van der Waals surface area contributed by atoms with Crippen LogP contribution in [0.2, 0.25) is 5.02 Å². The Hall–Kier alpha value is -2.34. The van der Waals surface area contributed by atoms with Gasteiger partial charge in [0.1, 0.15) is 11.8 Å². The van der Waals surface area contributed by atoms with Crippen molar-refractivity contribution in [3.63, 3.8) is 0 Å². The Bertz CT molecular complexity index is 680. The Labute approximate surface area is 132 Å². The molecular weight excluding hydrogens is 304 g/mol. The normalized spacial score (nSPS) is 17.5. The van der Waals surface area contributed by atoms with Crippen molar-refractivity contribution in [1.29, 1.82) is 0 Å². The Morgan fingerprint density at radius 2 is 2.14 bits per heavy atom. The smallest absolute Gasteiger partial charge is 0.247 e. The third-order valence-electron chi connectivity index (χ3n) is 3.58. The highest BCUT2D eigenvalue weighted by atomic mass is 35.5. The molecule has 0 radical (unpaired) electrons. The number of anilines is 2. The van der Waals surface area contributed by atoms with Crippen LogP contribution in [0.25, 0.3) is 0 Å². The molecule has 1 amide bonds. The Morgan fingerprint density at radius 1 is 1.36 bits per heavy atom. The van der Waals surface area contributed by atoms with Crippen molar-refractivity contribution >= 4 is 29.1 Å². The van der Waals surface area contributed by atoms with Gasteiger partial charge in [-0.25, -0.2) is 9.97 Å². The summed E-state index contributed by atoms with van der Waals surface area (Å²) >= 11 is 5.85. The molecule has 0 saturated carbocycles. The maximum atomic E-state index is 12.5. The van der Waals surface area contributed by atoms with E-state index in [0.29, 0.717) is 11.6 Å². The standard InChI is InChI=1S/C15H15ClN4O2/c16-11-9-10(4-5-13(11)21)19-14(22)12-3-1-8-20(12)15-17-6-2-7-18-15/h2,4-7,9,12,21H,1,3,8H2,(H,19,22)/t12-/m0/s1. The molecule has 3 rings (SSSR count). The van der Waals surface area contributed by atoms with E-state index in [-0.39, 0.29) is 22.7 Å². The minimum atomic E-state index is -0.310. The van der Waals surface area contributed by atoms with Crippen LogP contribution in [-0.2, 0) is 4.79 Å². The lowest BCUT2D eigenvalue weighted by Crippen LogP contribution is -2.40. The summed E-state index contributed by atoms with van der Waals surface area (Å²) in [6.45, 7) is 0.748. The Kier molecular flexibility index (Phi) is 4.11. The van der Waals surface area contributed by atoms with Gasteiger partial charge in [0.25, 0.3) is 0 Å². The summed E-state index contributed by atoms with van der Waals surface area (Å²) < 4.78 is 0. The molecule has 2 N–H and O–H groups in total. The molecule has 0 spiro atoms. The Morgan fingerprint density at radius 3 is 2.86 bits per heavy atom. The predicted octanol–water partition coefficient (Wildman–Crippen LogP) is 2.44. The number of benzene rings is 1. The van der Waals surface area contributed by atoms with Crippen molar-refractivity contribution < 1.29 is 9.90 Å². The number of aromatic hydroxyl groups is 1. The molecule has 1 aliphatic heterocycles. The van der Waals surface area contributed by atoms with E-state index in [1.54, 1.807) is 24.5 Å². The number of rotatable bonds is 3. The molecule has 6 nitrogen and oxygen atoms in total. The number of amides is 1. The fraction of sp³-hybridized carbons (Fsp3) is 0.267. The molecular formula is C15H15ClN4O2. The van der Waals surface area contributed by atoms with Gasteiger partial charge in [0.2, 0.25) is 11.9 Å². The molecule has 1 saturated heterocycles. The summed E-state index contributed by atoms with van der Waals surface area (Å²) in [7, 11) is 0. The van der Waals surface area contributed by atoms with E-state index in [9.17, 15) is 9.90 Å². The minimum absolute atomic E-state index is 0.0140. The van der Waals surface area contributed by atoms with Crippen molar-refractivity contribution in [3.05, 3.63) is 41.7 Å². The molecule has 114 valence electrons. The number of hydrogen-bond donors (Lipinski definition) is 2. The van der Waals surface area contributed by atoms with Crippen LogP contribution in [0, 0.1) is 0 Å². The molecule has 1 atom stereocenters. The van der Waals surface area contributed by atoms with Gasteiger partial charge in [-0.3, -0.25) is 4.79 Å². The number of aromatic nitrogens is 2. The topological polar surface area (TPSA) is 78.4 Å². The van der Waals surface area contributed by atoms with Crippen molar-refractivity contribution in [2.24, 2.45) is 0 Å². The zero-order valence-corrected chi connectivity index (χ0v) is 12.5. The molecule has 0 unspecified atom stereocenters. The second-order valence-electron chi connectivity index (χ2n) is 5.06. The highest BCUT2D eigenvalue weighted by molar-refractivity contribution is 6.32. The third kappa shape index (κ3) is 2.96. The Balaban J connectivity index is 1.75. The van der Waals surface area contributed by atoms with Crippen LogP contribution in [0.5, 0.6) is 5.75 Å². The van der Waals surface area contributed by atoms with Gasteiger partial charge in [-0.1, -0.05) is 11.6 Å². The average molecular weight is 319 g/mol. The van der Waals surface area contributed by atoms with Crippen LogP contribution < -0.4 is 10.2 Å². The first-order valence-corrected chi connectivity index (χ1v) is 7.36. The lowest BCUT2D eigenvalue weighted by molar-refractivity contribution is -0.117. The second-order valence-corrected chi connectivity index (χ2v) is 5.46. The maximum Gasteiger partial charge on any atom is 0.247 e. The summed E-state index contributed by atoms with van der Waals surface area (Å²) in [5.41, 5.74) is 0.550. The predicted molar refractivity (Wildman–Crippen MR) is 84.1 cm³/mol. The van der Waals surface area contributed by atoms with Crippen LogP contribution in [0.1, 0.15) is 12.8 Å². The van der Waals surface area contributed by atoms with Crippen LogP contribution in [0.15, 0.2) is 36.7 Å². The van der Waals surface area contributed by atoms with E-state index in [4.69, 9.17) is 11.6 Å². The van der Waals surface area contributed by atoms with Gasteiger partial charge in [-0.2, -0.15) is 0 Å². The summed E-state index contributed by atoms with van der Waals surface area (Å²) in [6.07, 6.45) is 4.98. The summed E-state index contributed by atoms with van der Waals surface area (Å²) in [5.74, 6) is 0.412. The van der Waals surface area contributed by atoms with Gasteiger partial charge in [-0.15, -0.1) is 0 Å². The van der Waals surface area contributed by atoms with Crippen molar-refractivity contribution in [2.45, 2.75) is 18.9 Å². The summed E-state index contributed by atoms with van der Waals surface area (Å²) in [5, 5.41) is 12.4. The van der Waals surface area contributed by atoms with Gasteiger partial charge >= 0.3 is 0 Å². The van der Waals surface area contributed by atoms with Crippen LogP contribution in [-0.4, -0.2) is 33.6 Å². The number of nitrogens with one attached hydrogen (secondary N) is 1. The number of halogens is 1. The number of hydrogen-bond acceptors (Lipinski definition) is 5. The number of nitrogens with zero attached hydrogens (tertiary/aromatic N) is 3. The van der Waals surface area contributed by atoms with E-state index in [1.807, 2.05) is 4.90 Å². The molecule has 2 aromatic rings.